The molecule has 1 heterocycles. The van der Waals surface area contributed by atoms with Gasteiger partial charge in [-0.3, -0.25) is 0 Å². The van der Waals surface area contributed by atoms with E-state index in [1.807, 2.05) is 0 Å². The topological polar surface area (TPSA) is 3.24 Å². The summed E-state index contributed by atoms with van der Waals surface area (Å²) in [7, 11) is 0. The van der Waals surface area contributed by atoms with Crippen molar-refractivity contribution in [2.75, 3.05) is 6.54 Å². The van der Waals surface area contributed by atoms with Crippen LogP contribution in [-0.4, -0.2) is 34.1 Å². The van der Waals surface area contributed by atoms with Crippen LogP contribution in [0, 0.1) is 0 Å². The summed E-state index contributed by atoms with van der Waals surface area (Å²) in [6, 6.07) is 0. The van der Waals surface area contributed by atoms with Crippen LogP contribution in [-0.2, 0) is 0 Å². The molecule has 0 N–H and O–H groups in total. The second-order valence-electron chi connectivity index (χ2n) is 2.36. The molecular formula is C6H12InN. The van der Waals surface area contributed by atoms with Gasteiger partial charge in [0.05, 0.1) is 0 Å². The Bertz CT molecular complexity index is 90.5. The third-order valence-electron chi connectivity index (χ3n) is 1.49. The van der Waals surface area contributed by atoms with Crippen LogP contribution in [0.3, 0.4) is 0 Å². The van der Waals surface area contributed by atoms with Gasteiger partial charge in [0.1, 0.15) is 0 Å². The number of nitrogens with zero attached hydrogens (tertiary/aromatic N) is 1. The van der Waals surface area contributed by atoms with Crippen molar-refractivity contribution in [1.29, 1.82) is 0 Å². The van der Waals surface area contributed by atoms with Gasteiger partial charge in [-0.1, -0.05) is 0 Å². The van der Waals surface area contributed by atoms with E-state index in [1.165, 1.54) is 25.8 Å². The summed E-state index contributed by atoms with van der Waals surface area (Å²) in [4.78, 5) is 0. The van der Waals surface area contributed by atoms with E-state index in [-0.39, 0.29) is 0 Å². The maximum absolute atomic E-state index is 2.45. The normalized spacial score (nSPS) is 20.8. The molecule has 1 aliphatic rings. The Morgan fingerprint density at radius 1 is 1.38 bits per heavy atom. The van der Waals surface area contributed by atoms with Crippen LogP contribution in [0.25, 0.3) is 0 Å². The monoisotopic (exact) mass is 213 g/mol. The van der Waals surface area contributed by atoms with Crippen molar-refractivity contribution in [3.63, 3.8) is 0 Å². The molecule has 0 atom stereocenters. The Labute approximate surface area is 65.7 Å². The minimum atomic E-state index is 0.718. The van der Waals surface area contributed by atoms with Gasteiger partial charge < -0.3 is 0 Å². The minimum absolute atomic E-state index is 0.718. The Morgan fingerprint density at radius 3 is 3.12 bits per heavy atom. The summed E-state index contributed by atoms with van der Waals surface area (Å²) in [5, 5.41) is 0. The molecule has 0 aromatic heterocycles. The molecule has 0 aromatic carbocycles. The second-order valence-corrected chi connectivity index (χ2v) is 5.64. The Morgan fingerprint density at radius 2 is 2.25 bits per heavy atom. The first-order valence-corrected chi connectivity index (χ1v) is 5.82. The van der Waals surface area contributed by atoms with E-state index in [4.69, 9.17) is 0 Å². The molecule has 44 valence electrons. The fourth-order valence-corrected chi connectivity index (χ4v) is 2.46. The van der Waals surface area contributed by atoms with Crippen LogP contribution >= 0.6 is 0 Å². The molecular weight excluding hydrogens is 201 g/mol. The fraction of sp³-hybridized carbons (Fsp3) is 0.667. The number of hydrogen-bond acceptors (Lipinski definition) is 1. The van der Waals surface area contributed by atoms with Gasteiger partial charge >= 0.3 is 65.6 Å². The summed E-state index contributed by atoms with van der Waals surface area (Å²) < 4.78 is 2.45. The standard InChI is InChI=1S/C6H10N.In.2H/c1-2-4-6-7-5-3-1;;;/h3,5H,1-2,4,6H2;;;/q-1;+1;;. The first-order valence-electron chi connectivity index (χ1n) is 3.26. The summed E-state index contributed by atoms with van der Waals surface area (Å²) >= 11 is 0.718. The van der Waals surface area contributed by atoms with Crippen LogP contribution in [0.15, 0.2) is 12.3 Å². The van der Waals surface area contributed by atoms with Gasteiger partial charge in [0.2, 0.25) is 0 Å². The first kappa shape index (κ1) is 6.53. The van der Waals surface area contributed by atoms with Gasteiger partial charge in [0.15, 0.2) is 0 Å². The van der Waals surface area contributed by atoms with E-state index < -0.39 is 0 Å². The Hall–Kier alpha value is 0.410. The van der Waals surface area contributed by atoms with E-state index >= 15 is 0 Å². The molecule has 1 aliphatic heterocycles. The molecule has 0 aromatic rings. The third-order valence-corrected chi connectivity index (χ3v) is 3.62. The van der Waals surface area contributed by atoms with E-state index in [0.717, 1.165) is 24.7 Å². The van der Waals surface area contributed by atoms with Gasteiger partial charge in [0, 0.05) is 0 Å². The zero-order valence-electron chi connectivity index (χ0n) is 5.43. The molecule has 2 heteroatoms. The van der Waals surface area contributed by atoms with E-state index in [1.54, 1.807) is 0 Å². The summed E-state index contributed by atoms with van der Waals surface area (Å²) in [5.74, 6) is 0. The third kappa shape index (κ3) is 2.12. The zero-order chi connectivity index (χ0) is 5.82. The molecule has 8 heavy (non-hydrogen) atoms. The first-order chi connectivity index (χ1) is 3.89. The number of allylic oxidation sites excluding steroid dienone is 1. The van der Waals surface area contributed by atoms with Crippen LogP contribution in [0.5, 0.6) is 0 Å². The van der Waals surface area contributed by atoms with Crippen molar-refractivity contribution >= 4 is 24.7 Å². The number of hydrogen-bond donors (Lipinski definition) is 0. The molecule has 0 saturated carbocycles. The van der Waals surface area contributed by atoms with Gasteiger partial charge in [-0.25, -0.2) is 0 Å². The van der Waals surface area contributed by atoms with E-state index in [2.05, 4.69) is 15.2 Å². The molecule has 0 spiro atoms. The van der Waals surface area contributed by atoms with Crippen molar-refractivity contribution in [1.82, 2.24) is 2.89 Å². The van der Waals surface area contributed by atoms with Crippen LogP contribution < -0.4 is 0 Å². The molecule has 0 aliphatic carbocycles. The fourth-order valence-electron chi connectivity index (χ4n) is 0.952. The van der Waals surface area contributed by atoms with Gasteiger partial charge in [-0.15, -0.1) is 0 Å². The summed E-state index contributed by atoms with van der Waals surface area (Å²) in [6.07, 6.45) is 8.66. The van der Waals surface area contributed by atoms with E-state index in [9.17, 15) is 0 Å². The van der Waals surface area contributed by atoms with E-state index in [0.29, 0.717) is 0 Å². The molecule has 0 radical (unpaired) electrons. The van der Waals surface area contributed by atoms with Gasteiger partial charge in [-0.05, 0) is 0 Å². The van der Waals surface area contributed by atoms with Crippen molar-refractivity contribution in [3.05, 3.63) is 12.3 Å². The molecule has 0 fully saturated rings. The van der Waals surface area contributed by atoms with Crippen LogP contribution in [0.1, 0.15) is 19.3 Å². The quantitative estimate of drug-likeness (QED) is 0.567. The molecule has 0 saturated heterocycles. The molecule has 1 rings (SSSR count). The summed E-state index contributed by atoms with van der Waals surface area (Å²) in [6.45, 7) is 1.33. The van der Waals surface area contributed by atoms with Crippen molar-refractivity contribution < 1.29 is 0 Å². The van der Waals surface area contributed by atoms with Crippen molar-refractivity contribution in [2.24, 2.45) is 0 Å². The molecule has 0 amide bonds. The average molecular weight is 213 g/mol. The predicted octanol–water partition coefficient (Wildman–Crippen LogP) is 0.534. The van der Waals surface area contributed by atoms with Gasteiger partial charge in [-0.2, -0.15) is 0 Å². The molecule has 0 unspecified atom stereocenters. The Kier molecular flexibility index (Phi) is 2.81. The van der Waals surface area contributed by atoms with Crippen LogP contribution in [0.4, 0.5) is 0 Å². The number of rotatable bonds is 0. The average Bonchev–Trinajstić information content (AvgIpc) is 1.94. The van der Waals surface area contributed by atoms with Crippen LogP contribution in [0.2, 0.25) is 0 Å². The van der Waals surface area contributed by atoms with Crippen molar-refractivity contribution in [2.45, 2.75) is 19.3 Å². The SMILES string of the molecule is [InH2][N]1C=CCCCC1. The summed E-state index contributed by atoms with van der Waals surface area (Å²) in [5.41, 5.74) is 0. The maximum atomic E-state index is 2.45. The zero-order valence-corrected chi connectivity index (χ0v) is 11.1. The van der Waals surface area contributed by atoms with Gasteiger partial charge in [0.25, 0.3) is 0 Å². The van der Waals surface area contributed by atoms with Crippen molar-refractivity contribution in [3.8, 4) is 0 Å². The Balaban J connectivity index is 2.33. The predicted molar refractivity (Wildman–Crippen MR) is 38.2 cm³/mol. The molecule has 1 nitrogen and oxygen atoms in total. The molecule has 0 bridgehead atoms. The second kappa shape index (κ2) is 3.44.